The zero-order chi connectivity index (χ0) is 16.9. The van der Waals surface area contributed by atoms with Crippen molar-refractivity contribution in [2.24, 2.45) is 0 Å². The van der Waals surface area contributed by atoms with Gasteiger partial charge >= 0.3 is 7.12 Å². The van der Waals surface area contributed by atoms with Gasteiger partial charge in [0.2, 0.25) is 0 Å². The molecule has 122 valence electrons. The van der Waals surface area contributed by atoms with E-state index in [0.29, 0.717) is 0 Å². The van der Waals surface area contributed by atoms with Crippen LogP contribution < -0.4 is 0 Å². The van der Waals surface area contributed by atoms with Crippen molar-refractivity contribution in [3.63, 3.8) is 0 Å². The molecule has 3 nitrogen and oxygen atoms in total. The third-order valence-electron chi connectivity index (χ3n) is 5.36. The van der Waals surface area contributed by atoms with Crippen LogP contribution >= 0.6 is 0 Å². The maximum absolute atomic E-state index is 6.39. The lowest BCUT2D eigenvalue weighted by Gasteiger charge is -2.39. The minimum absolute atomic E-state index is 0.0689. The monoisotopic (exact) mass is 312 g/mol. The minimum Gasteiger partial charge on any atom is -0.411 e. The van der Waals surface area contributed by atoms with Crippen molar-refractivity contribution in [3.05, 3.63) is 12.1 Å². The lowest BCUT2D eigenvalue weighted by molar-refractivity contribution is 0.00578. The molecule has 0 N–H and O–H groups in total. The Morgan fingerprint density at radius 2 is 1.48 bits per heavy atom. The first-order chi connectivity index (χ1) is 9.11. The topological polar surface area (TPSA) is 27.7 Å². The average Bonchev–Trinajstić information content (AvgIpc) is 2.44. The van der Waals surface area contributed by atoms with E-state index in [1.165, 1.54) is 0 Å². The molecule has 0 saturated carbocycles. The van der Waals surface area contributed by atoms with E-state index in [-0.39, 0.29) is 22.3 Å². The van der Waals surface area contributed by atoms with Gasteiger partial charge in [-0.15, -0.1) is 6.58 Å². The minimum atomic E-state index is -1.83. The first-order valence-corrected chi connectivity index (χ1v) is 10.7. The highest BCUT2D eigenvalue weighted by Gasteiger charge is 2.53. The van der Waals surface area contributed by atoms with E-state index in [1.54, 1.807) is 0 Å². The summed E-state index contributed by atoms with van der Waals surface area (Å²) in [7, 11) is -2.22. The number of hydrogen-bond donors (Lipinski definition) is 0. The van der Waals surface area contributed by atoms with Gasteiger partial charge in [0.1, 0.15) is 0 Å². The van der Waals surface area contributed by atoms with Crippen molar-refractivity contribution in [1.29, 1.82) is 0 Å². The summed E-state index contributed by atoms with van der Waals surface area (Å²) >= 11 is 0. The van der Waals surface area contributed by atoms with E-state index in [9.17, 15) is 0 Å². The Morgan fingerprint density at radius 3 is 1.81 bits per heavy atom. The van der Waals surface area contributed by atoms with Crippen LogP contribution in [-0.2, 0) is 13.7 Å². The highest BCUT2D eigenvalue weighted by molar-refractivity contribution is 6.74. The second kappa shape index (κ2) is 5.52. The van der Waals surface area contributed by atoms with Crippen LogP contribution in [0.3, 0.4) is 0 Å². The predicted molar refractivity (Wildman–Crippen MR) is 93.0 cm³/mol. The van der Waals surface area contributed by atoms with Gasteiger partial charge in [0, 0.05) is 0 Å². The van der Waals surface area contributed by atoms with Crippen LogP contribution in [0.2, 0.25) is 18.1 Å². The second-order valence-corrected chi connectivity index (χ2v) is 13.4. The zero-order valence-corrected chi connectivity index (χ0v) is 16.6. The number of rotatable bonds is 4. The van der Waals surface area contributed by atoms with Crippen LogP contribution in [0.25, 0.3) is 0 Å². The molecule has 1 atom stereocenters. The van der Waals surface area contributed by atoms with Crippen LogP contribution in [0.1, 0.15) is 55.4 Å². The molecule has 0 amide bonds. The van der Waals surface area contributed by atoms with Gasteiger partial charge in [-0.25, -0.2) is 0 Å². The maximum atomic E-state index is 6.39. The van der Waals surface area contributed by atoms with Gasteiger partial charge in [-0.05, 0) is 58.2 Å². The quantitative estimate of drug-likeness (QED) is 0.711. The van der Waals surface area contributed by atoms with Gasteiger partial charge in [-0.3, -0.25) is 0 Å². The van der Waals surface area contributed by atoms with Crippen molar-refractivity contribution in [1.82, 2.24) is 0 Å². The molecule has 0 aromatic carbocycles. The summed E-state index contributed by atoms with van der Waals surface area (Å²) in [6.45, 7) is 25.7. The molecule has 0 aliphatic carbocycles. The van der Waals surface area contributed by atoms with Crippen LogP contribution in [0.4, 0.5) is 0 Å². The van der Waals surface area contributed by atoms with Gasteiger partial charge < -0.3 is 13.7 Å². The molecular formula is C16H33BO3Si. The summed E-state index contributed by atoms with van der Waals surface area (Å²) in [5.74, 6) is 0. The SMILES string of the molecule is C=C(B1OC(C)(C)C(C)(C)O1)C(C)O[Si](C)(C)C(C)(C)C. The summed E-state index contributed by atoms with van der Waals surface area (Å²) in [6.07, 6.45) is -0.0689. The molecule has 0 radical (unpaired) electrons. The first-order valence-electron chi connectivity index (χ1n) is 7.83. The van der Waals surface area contributed by atoms with Crippen molar-refractivity contribution >= 4 is 15.4 Å². The largest absolute Gasteiger partial charge is 0.492 e. The molecule has 0 spiro atoms. The summed E-state index contributed by atoms with van der Waals surface area (Å²) in [5, 5.41) is 0.178. The summed E-state index contributed by atoms with van der Waals surface area (Å²) in [4.78, 5) is 0. The Labute approximate surface area is 132 Å². The molecule has 1 heterocycles. The smallest absolute Gasteiger partial charge is 0.411 e. The Kier molecular flexibility index (Phi) is 4.98. The van der Waals surface area contributed by atoms with Crippen molar-refractivity contribution in [2.75, 3.05) is 0 Å². The molecule has 5 heteroatoms. The molecule has 0 bridgehead atoms. The van der Waals surface area contributed by atoms with Gasteiger partial charge in [0.25, 0.3) is 0 Å². The Hall–Kier alpha value is -0.0982. The van der Waals surface area contributed by atoms with Crippen LogP contribution in [0, 0.1) is 0 Å². The maximum Gasteiger partial charge on any atom is 0.492 e. The van der Waals surface area contributed by atoms with Crippen molar-refractivity contribution < 1.29 is 13.7 Å². The number of hydrogen-bond acceptors (Lipinski definition) is 3. The molecule has 1 saturated heterocycles. The molecule has 21 heavy (non-hydrogen) atoms. The van der Waals surface area contributed by atoms with E-state index in [4.69, 9.17) is 13.7 Å². The van der Waals surface area contributed by atoms with E-state index in [0.717, 1.165) is 5.47 Å². The second-order valence-electron chi connectivity index (χ2n) is 8.68. The normalized spacial score (nSPS) is 23.2. The fourth-order valence-corrected chi connectivity index (χ4v) is 3.27. The molecule has 1 aliphatic heterocycles. The van der Waals surface area contributed by atoms with E-state index in [1.807, 2.05) is 6.92 Å². The fraction of sp³-hybridized carbons (Fsp3) is 0.875. The van der Waals surface area contributed by atoms with Crippen LogP contribution in [-0.4, -0.2) is 32.7 Å². The Morgan fingerprint density at radius 1 is 1.10 bits per heavy atom. The Balaban J connectivity index is 2.78. The van der Waals surface area contributed by atoms with Crippen LogP contribution in [0.15, 0.2) is 12.1 Å². The lowest BCUT2D eigenvalue weighted by Crippen LogP contribution is -2.45. The van der Waals surface area contributed by atoms with Gasteiger partial charge in [-0.2, -0.15) is 0 Å². The van der Waals surface area contributed by atoms with Crippen molar-refractivity contribution in [2.45, 2.75) is 90.8 Å². The lowest BCUT2D eigenvalue weighted by atomic mass is 9.76. The first kappa shape index (κ1) is 18.9. The molecule has 1 fully saturated rings. The zero-order valence-electron chi connectivity index (χ0n) is 15.6. The van der Waals surface area contributed by atoms with E-state index in [2.05, 4.69) is 68.1 Å². The highest BCUT2D eigenvalue weighted by atomic mass is 28.4. The van der Waals surface area contributed by atoms with E-state index >= 15 is 0 Å². The standard InChI is InChI=1S/C16H33BO3Si/c1-12(13(2)18-21(10,11)14(3,4)5)17-19-15(6,7)16(8,9)20-17/h13H,1H2,2-11H3. The third kappa shape index (κ3) is 3.81. The Bertz CT molecular complexity index is 394. The van der Waals surface area contributed by atoms with Gasteiger partial charge in [-0.1, -0.05) is 20.8 Å². The predicted octanol–water partition coefficient (Wildman–Crippen LogP) is 4.58. The summed E-state index contributed by atoms with van der Waals surface area (Å²) < 4.78 is 18.5. The van der Waals surface area contributed by atoms with Gasteiger partial charge in [0.05, 0.1) is 17.3 Å². The van der Waals surface area contributed by atoms with Crippen LogP contribution in [0.5, 0.6) is 0 Å². The van der Waals surface area contributed by atoms with Crippen molar-refractivity contribution in [3.8, 4) is 0 Å². The summed E-state index contributed by atoms with van der Waals surface area (Å²) in [6, 6.07) is 0. The molecule has 1 aliphatic rings. The molecule has 0 aromatic rings. The molecule has 0 aromatic heterocycles. The highest BCUT2D eigenvalue weighted by Crippen LogP contribution is 2.41. The fourth-order valence-electron chi connectivity index (χ4n) is 1.88. The average molecular weight is 312 g/mol. The third-order valence-corrected chi connectivity index (χ3v) is 9.91. The molecular weight excluding hydrogens is 279 g/mol. The summed E-state index contributed by atoms with van der Waals surface area (Å²) in [5.41, 5.74) is 0.202. The molecule has 1 rings (SSSR count). The molecule has 1 unspecified atom stereocenters. The van der Waals surface area contributed by atoms with E-state index < -0.39 is 15.4 Å². The van der Waals surface area contributed by atoms with Gasteiger partial charge in [0.15, 0.2) is 8.32 Å².